The van der Waals surface area contributed by atoms with Crippen LogP contribution in [0, 0.1) is 0 Å². The quantitative estimate of drug-likeness (QED) is 0.733. The van der Waals surface area contributed by atoms with Gasteiger partial charge in [0, 0.05) is 17.1 Å². The number of aliphatic hydroxyl groups is 1. The molecule has 0 saturated carbocycles. The van der Waals surface area contributed by atoms with Crippen LogP contribution in [0.15, 0.2) is 36.5 Å². The smallest absolute Gasteiger partial charge is 0.145 e. The number of pyridine rings is 1. The Kier molecular flexibility index (Phi) is 5.53. The topological polar surface area (TPSA) is 54.4 Å². The average molecular weight is 288 g/mol. The van der Waals surface area contributed by atoms with Crippen molar-refractivity contribution in [2.24, 2.45) is 0 Å². The van der Waals surface area contributed by atoms with Crippen molar-refractivity contribution >= 4 is 10.9 Å². The molecule has 21 heavy (non-hydrogen) atoms. The first-order valence-corrected chi connectivity index (χ1v) is 7.51. The number of benzene rings is 1. The van der Waals surface area contributed by atoms with Crippen molar-refractivity contribution in [1.29, 1.82) is 0 Å². The van der Waals surface area contributed by atoms with Crippen molar-refractivity contribution in [2.45, 2.75) is 32.2 Å². The van der Waals surface area contributed by atoms with E-state index in [4.69, 9.17) is 4.74 Å². The first-order chi connectivity index (χ1) is 10.2. The Labute approximate surface area is 126 Å². The minimum absolute atomic E-state index is 0.136. The summed E-state index contributed by atoms with van der Waals surface area (Å²) in [5, 5.41) is 13.9. The summed E-state index contributed by atoms with van der Waals surface area (Å²) in [6.07, 6.45) is 3.53. The summed E-state index contributed by atoms with van der Waals surface area (Å²) in [4.78, 5) is 4.38. The minimum Gasteiger partial charge on any atom is -0.491 e. The van der Waals surface area contributed by atoms with Gasteiger partial charge in [-0.15, -0.1) is 0 Å². The number of hydrogen-bond acceptors (Lipinski definition) is 4. The molecule has 0 amide bonds. The summed E-state index contributed by atoms with van der Waals surface area (Å²) in [6.45, 7) is 5.70. The van der Waals surface area contributed by atoms with E-state index in [0.717, 1.165) is 36.0 Å². The van der Waals surface area contributed by atoms with Crippen LogP contribution in [0.2, 0.25) is 0 Å². The lowest BCUT2D eigenvalue weighted by molar-refractivity contribution is 0.158. The molecule has 0 bridgehead atoms. The normalized spacial score (nSPS) is 14.0. The van der Waals surface area contributed by atoms with Gasteiger partial charge < -0.3 is 15.2 Å². The first kappa shape index (κ1) is 15.7. The van der Waals surface area contributed by atoms with Crippen LogP contribution in [-0.2, 0) is 0 Å². The molecule has 4 nitrogen and oxygen atoms in total. The molecule has 1 aromatic carbocycles. The number of ether oxygens (including phenoxy) is 1. The minimum atomic E-state index is -0.227. The predicted octanol–water partition coefficient (Wildman–Crippen LogP) is 2.75. The van der Waals surface area contributed by atoms with Crippen LogP contribution in [0.1, 0.15) is 26.7 Å². The molecule has 1 heterocycles. The molecule has 0 aliphatic rings. The molecule has 0 aliphatic heterocycles. The van der Waals surface area contributed by atoms with E-state index in [9.17, 15) is 5.11 Å². The highest BCUT2D eigenvalue weighted by molar-refractivity contribution is 5.84. The van der Waals surface area contributed by atoms with Gasteiger partial charge in [0.25, 0.3) is 0 Å². The SMILES string of the molecule is CCNC(C)(CO)CCCOc1cccc2cccnc12. The summed E-state index contributed by atoms with van der Waals surface area (Å²) >= 11 is 0. The number of aromatic nitrogens is 1. The van der Waals surface area contributed by atoms with Crippen LogP contribution in [0.5, 0.6) is 5.75 Å². The Bertz CT molecular complexity index is 568. The summed E-state index contributed by atoms with van der Waals surface area (Å²) in [5.41, 5.74) is 0.673. The molecule has 0 radical (unpaired) electrons. The molecule has 1 aromatic heterocycles. The molecule has 114 valence electrons. The molecule has 1 unspecified atom stereocenters. The van der Waals surface area contributed by atoms with Crippen LogP contribution in [0.3, 0.4) is 0 Å². The fourth-order valence-corrected chi connectivity index (χ4v) is 2.49. The summed E-state index contributed by atoms with van der Waals surface area (Å²) in [5.74, 6) is 0.822. The molecule has 0 aliphatic carbocycles. The first-order valence-electron chi connectivity index (χ1n) is 7.51. The monoisotopic (exact) mass is 288 g/mol. The molecule has 0 fully saturated rings. The molecular formula is C17H24N2O2. The van der Waals surface area contributed by atoms with Gasteiger partial charge in [0.15, 0.2) is 0 Å². The highest BCUT2D eigenvalue weighted by Crippen LogP contribution is 2.23. The van der Waals surface area contributed by atoms with E-state index >= 15 is 0 Å². The van der Waals surface area contributed by atoms with Gasteiger partial charge in [-0.25, -0.2) is 0 Å². The standard InChI is InChI=1S/C17H24N2O2/c1-3-19-17(2,13-20)10-6-12-21-15-9-4-7-14-8-5-11-18-16(14)15/h4-5,7-9,11,19-20H,3,6,10,12-13H2,1-2H3. The Morgan fingerprint density at radius 1 is 1.29 bits per heavy atom. The van der Waals surface area contributed by atoms with E-state index in [1.54, 1.807) is 6.20 Å². The van der Waals surface area contributed by atoms with Gasteiger partial charge in [-0.2, -0.15) is 0 Å². The van der Waals surface area contributed by atoms with Crippen LogP contribution >= 0.6 is 0 Å². The lowest BCUT2D eigenvalue weighted by atomic mass is 9.97. The van der Waals surface area contributed by atoms with Crippen LogP contribution < -0.4 is 10.1 Å². The van der Waals surface area contributed by atoms with Crippen molar-refractivity contribution in [3.05, 3.63) is 36.5 Å². The van der Waals surface area contributed by atoms with E-state index in [2.05, 4.69) is 10.3 Å². The van der Waals surface area contributed by atoms with Crippen LogP contribution in [0.4, 0.5) is 0 Å². The highest BCUT2D eigenvalue weighted by atomic mass is 16.5. The molecule has 4 heteroatoms. The molecule has 0 spiro atoms. The molecule has 1 atom stereocenters. The number of aliphatic hydroxyl groups excluding tert-OH is 1. The Morgan fingerprint density at radius 2 is 2.10 bits per heavy atom. The third-order valence-corrected chi connectivity index (χ3v) is 3.68. The lowest BCUT2D eigenvalue weighted by Crippen LogP contribution is -2.45. The van der Waals surface area contributed by atoms with Crippen LogP contribution in [-0.4, -0.2) is 35.4 Å². The number of nitrogens with zero attached hydrogens (tertiary/aromatic N) is 1. The Morgan fingerprint density at radius 3 is 2.86 bits per heavy atom. The van der Waals surface area contributed by atoms with Gasteiger partial charge in [0.05, 0.1) is 13.2 Å². The Hall–Kier alpha value is -1.65. The van der Waals surface area contributed by atoms with E-state index in [0.29, 0.717) is 6.61 Å². The molecular weight excluding hydrogens is 264 g/mol. The van der Waals surface area contributed by atoms with Gasteiger partial charge in [-0.1, -0.05) is 25.1 Å². The molecule has 0 saturated heterocycles. The second kappa shape index (κ2) is 7.38. The second-order valence-corrected chi connectivity index (χ2v) is 5.53. The summed E-state index contributed by atoms with van der Waals surface area (Å²) in [6, 6.07) is 9.92. The van der Waals surface area contributed by atoms with Gasteiger partial charge in [-0.3, -0.25) is 4.98 Å². The Balaban J connectivity index is 1.91. The number of hydrogen-bond donors (Lipinski definition) is 2. The highest BCUT2D eigenvalue weighted by Gasteiger charge is 2.21. The second-order valence-electron chi connectivity index (χ2n) is 5.53. The zero-order valence-electron chi connectivity index (χ0n) is 12.8. The predicted molar refractivity (Wildman–Crippen MR) is 85.6 cm³/mol. The average Bonchev–Trinajstić information content (AvgIpc) is 2.52. The maximum atomic E-state index is 9.46. The number of nitrogens with one attached hydrogen (secondary N) is 1. The zero-order chi connectivity index (χ0) is 15.1. The number of rotatable bonds is 8. The fraction of sp³-hybridized carbons (Fsp3) is 0.471. The lowest BCUT2D eigenvalue weighted by Gasteiger charge is -2.28. The molecule has 2 N–H and O–H groups in total. The van der Waals surface area contributed by atoms with Crippen molar-refractivity contribution in [3.63, 3.8) is 0 Å². The third kappa shape index (κ3) is 4.16. The van der Waals surface area contributed by atoms with E-state index in [1.807, 2.05) is 44.2 Å². The maximum absolute atomic E-state index is 9.46. The van der Waals surface area contributed by atoms with Crippen molar-refractivity contribution in [3.8, 4) is 5.75 Å². The van der Waals surface area contributed by atoms with E-state index in [1.165, 1.54) is 0 Å². The molecule has 2 rings (SSSR count). The summed E-state index contributed by atoms with van der Waals surface area (Å²) in [7, 11) is 0. The number of likely N-dealkylation sites (N-methyl/N-ethyl adjacent to an activating group) is 1. The zero-order valence-corrected chi connectivity index (χ0v) is 12.8. The maximum Gasteiger partial charge on any atom is 0.145 e. The van der Waals surface area contributed by atoms with E-state index in [-0.39, 0.29) is 12.1 Å². The summed E-state index contributed by atoms with van der Waals surface area (Å²) < 4.78 is 5.87. The molecule has 2 aromatic rings. The number of fused-ring (bicyclic) bond motifs is 1. The van der Waals surface area contributed by atoms with Gasteiger partial charge in [0.2, 0.25) is 0 Å². The van der Waals surface area contributed by atoms with E-state index < -0.39 is 0 Å². The third-order valence-electron chi connectivity index (χ3n) is 3.68. The fourth-order valence-electron chi connectivity index (χ4n) is 2.49. The van der Waals surface area contributed by atoms with Crippen molar-refractivity contribution in [1.82, 2.24) is 10.3 Å². The largest absolute Gasteiger partial charge is 0.491 e. The van der Waals surface area contributed by atoms with Gasteiger partial charge in [0.1, 0.15) is 11.3 Å². The van der Waals surface area contributed by atoms with Gasteiger partial charge in [-0.05, 0) is 38.4 Å². The van der Waals surface area contributed by atoms with Crippen molar-refractivity contribution < 1.29 is 9.84 Å². The number of para-hydroxylation sites is 1. The van der Waals surface area contributed by atoms with Crippen LogP contribution in [0.25, 0.3) is 10.9 Å². The van der Waals surface area contributed by atoms with Crippen molar-refractivity contribution in [2.75, 3.05) is 19.8 Å². The van der Waals surface area contributed by atoms with Gasteiger partial charge >= 0.3 is 0 Å².